The van der Waals surface area contributed by atoms with Crippen molar-refractivity contribution in [3.63, 3.8) is 0 Å². The molecule has 0 amide bonds. The average Bonchev–Trinajstić information content (AvgIpc) is 3.19. The van der Waals surface area contributed by atoms with Crippen molar-refractivity contribution in [1.82, 2.24) is 25.0 Å². The first-order valence-corrected chi connectivity index (χ1v) is 8.77. The number of aryl methyl sites for hydroxylation is 1. The second kappa shape index (κ2) is 6.05. The van der Waals surface area contributed by atoms with Gasteiger partial charge in [0, 0.05) is 19.0 Å². The zero-order valence-electron chi connectivity index (χ0n) is 12.9. The fraction of sp³-hybridized carbons (Fsp3) is 0.875. The Labute approximate surface area is 127 Å². The van der Waals surface area contributed by atoms with Gasteiger partial charge in [0.05, 0.1) is 6.54 Å². The first-order chi connectivity index (χ1) is 10.4. The maximum absolute atomic E-state index is 4.45. The molecule has 2 fully saturated rings. The number of aromatic nitrogens is 3. The summed E-state index contributed by atoms with van der Waals surface area (Å²) < 4.78 is 2.37. The van der Waals surface area contributed by atoms with Gasteiger partial charge < -0.3 is 9.88 Å². The van der Waals surface area contributed by atoms with Crippen LogP contribution in [0.4, 0.5) is 0 Å². The highest BCUT2D eigenvalue weighted by Gasteiger charge is 2.29. The fourth-order valence-electron chi connectivity index (χ4n) is 4.31. The van der Waals surface area contributed by atoms with Gasteiger partial charge in [-0.25, -0.2) is 0 Å². The summed E-state index contributed by atoms with van der Waals surface area (Å²) in [5.41, 5.74) is 0. The molecule has 4 rings (SSSR count). The molecule has 0 aromatic carbocycles. The summed E-state index contributed by atoms with van der Waals surface area (Å²) in [7, 11) is 0. The monoisotopic (exact) mass is 289 g/mol. The zero-order chi connectivity index (χ0) is 14.1. The predicted molar refractivity (Wildman–Crippen MR) is 82.0 cm³/mol. The molecule has 0 spiro atoms. The number of hydrogen-bond donors (Lipinski definition) is 1. The van der Waals surface area contributed by atoms with Crippen molar-refractivity contribution in [2.75, 3.05) is 19.6 Å². The lowest BCUT2D eigenvalue weighted by Crippen LogP contribution is -2.41. The Bertz CT molecular complexity index is 469. The van der Waals surface area contributed by atoms with E-state index in [1.165, 1.54) is 69.8 Å². The summed E-state index contributed by atoms with van der Waals surface area (Å²) >= 11 is 0. The summed E-state index contributed by atoms with van der Waals surface area (Å²) in [6.07, 6.45) is 9.13. The number of piperidine rings is 1. The lowest BCUT2D eigenvalue weighted by molar-refractivity contribution is 0.152. The van der Waals surface area contributed by atoms with E-state index in [1.807, 2.05) is 0 Å². The molecule has 1 atom stereocenters. The molecule has 1 aromatic rings. The highest BCUT2D eigenvalue weighted by atomic mass is 15.3. The van der Waals surface area contributed by atoms with Crippen LogP contribution >= 0.6 is 0 Å². The van der Waals surface area contributed by atoms with Crippen molar-refractivity contribution in [3.05, 3.63) is 11.6 Å². The second-order valence-electron chi connectivity index (χ2n) is 6.96. The van der Waals surface area contributed by atoms with Crippen LogP contribution in [0.2, 0.25) is 0 Å². The average molecular weight is 289 g/mol. The number of nitrogens with zero attached hydrogens (tertiary/aromatic N) is 4. The van der Waals surface area contributed by atoms with Gasteiger partial charge in [0.2, 0.25) is 0 Å². The Kier molecular flexibility index (Phi) is 3.95. The van der Waals surface area contributed by atoms with E-state index in [9.17, 15) is 0 Å². The molecule has 3 aliphatic heterocycles. The molecule has 5 heteroatoms. The molecule has 4 heterocycles. The Balaban J connectivity index is 1.33. The smallest absolute Gasteiger partial charge is 0.147 e. The van der Waals surface area contributed by atoms with E-state index < -0.39 is 0 Å². The summed E-state index contributed by atoms with van der Waals surface area (Å²) in [6.45, 7) is 5.81. The number of hydrogen-bond acceptors (Lipinski definition) is 4. The standard InChI is InChI=1S/C16H27N5/c1-2-9-21-15(5-1)18-19-16(21)12-20-10-6-13(7-11-20)14-4-3-8-17-14/h13-14,17H,1-12H2. The van der Waals surface area contributed by atoms with E-state index in [2.05, 4.69) is 25.0 Å². The van der Waals surface area contributed by atoms with Gasteiger partial charge >= 0.3 is 0 Å². The maximum atomic E-state index is 4.45. The summed E-state index contributed by atoms with van der Waals surface area (Å²) in [5, 5.41) is 12.5. The third kappa shape index (κ3) is 2.86. The number of rotatable bonds is 3. The summed E-state index contributed by atoms with van der Waals surface area (Å²) in [6, 6.07) is 0.799. The molecule has 5 nitrogen and oxygen atoms in total. The van der Waals surface area contributed by atoms with E-state index in [0.717, 1.165) is 31.5 Å². The molecule has 116 valence electrons. The Morgan fingerprint density at radius 2 is 1.90 bits per heavy atom. The first-order valence-electron chi connectivity index (χ1n) is 8.77. The minimum absolute atomic E-state index is 0.799. The predicted octanol–water partition coefficient (Wildman–Crippen LogP) is 1.58. The van der Waals surface area contributed by atoms with Gasteiger partial charge in [-0.1, -0.05) is 0 Å². The second-order valence-corrected chi connectivity index (χ2v) is 6.96. The van der Waals surface area contributed by atoms with Crippen LogP contribution < -0.4 is 5.32 Å². The van der Waals surface area contributed by atoms with Gasteiger partial charge in [-0.15, -0.1) is 10.2 Å². The van der Waals surface area contributed by atoms with Gasteiger partial charge in [0.25, 0.3) is 0 Å². The Morgan fingerprint density at radius 3 is 2.71 bits per heavy atom. The van der Waals surface area contributed by atoms with E-state index in [1.54, 1.807) is 0 Å². The van der Waals surface area contributed by atoms with Gasteiger partial charge in [-0.3, -0.25) is 4.90 Å². The van der Waals surface area contributed by atoms with Crippen LogP contribution in [0.25, 0.3) is 0 Å². The molecule has 0 bridgehead atoms. The minimum atomic E-state index is 0.799. The lowest BCUT2D eigenvalue weighted by atomic mass is 9.88. The molecule has 0 aliphatic carbocycles. The van der Waals surface area contributed by atoms with Crippen molar-refractivity contribution in [2.45, 2.75) is 64.1 Å². The van der Waals surface area contributed by atoms with Crippen LogP contribution in [0.3, 0.4) is 0 Å². The van der Waals surface area contributed by atoms with Gasteiger partial charge in [-0.2, -0.15) is 0 Å². The molecule has 2 saturated heterocycles. The van der Waals surface area contributed by atoms with Gasteiger partial charge in [0.1, 0.15) is 11.6 Å². The summed E-state index contributed by atoms with van der Waals surface area (Å²) in [5.74, 6) is 3.31. The maximum Gasteiger partial charge on any atom is 0.147 e. The van der Waals surface area contributed by atoms with E-state index in [0.29, 0.717) is 0 Å². The molecular weight excluding hydrogens is 262 g/mol. The number of fused-ring (bicyclic) bond motifs is 1. The zero-order valence-corrected chi connectivity index (χ0v) is 12.9. The third-order valence-corrected chi connectivity index (χ3v) is 5.60. The van der Waals surface area contributed by atoms with Crippen molar-refractivity contribution in [1.29, 1.82) is 0 Å². The molecule has 1 aromatic heterocycles. The molecule has 1 unspecified atom stereocenters. The Morgan fingerprint density at radius 1 is 1.00 bits per heavy atom. The van der Waals surface area contributed by atoms with Crippen molar-refractivity contribution < 1.29 is 0 Å². The molecular formula is C16H27N5. The van der Waals surface area contributed by atoms with Crippen LogP contribution in [0.1, 0.15) is 50.2 Å². The highest BCUT2D eigenvalue weighted by molar-refractivity contribution is 4.99. The third-order valence-electron chi connectivity index (χ3n) is 5.60. The van der Waals surface area contributed by atoms with Crippen molar-refractivity contribution in [3.8, 4) is 0 Å². The molecule has 0 radical (unpaired) electrons. The summed E-state index contributed by atoms with van der Waals surface area (Å²) in [4.78, 5) is 2.58. The number of likely N-dealkylation sites (tertiary alicyclic amines) is 1. The van der Waals surface area contributed by atoms with Crippen molar-refractivity contribution >= 4 is 0 Å². The molecule has 1 N–H and O–H groups in total. The van der Waals surface area contributed by atoms with E-state index in [-0.39, 0.29) is 0 Å². The molecule has 21 heavy (non-hydrogen) atoms. The molecule has 3 aliphatic rings. The lowest BCUT2D eigenvalue weighted by Gasteiger charge is -2.34. The van der Waals surface area contributed by atoms with E-state index >= 15 is 0 Å². The van der Waals surface area contributed by atoms with Crippen molar-refractivity contribution in [2.24, 2.45) is 5.92 Å². The molecule has 0 saturated carbocycles. The van der Waals surface area contributed by atoms with Crippen LogP contribution in [0.15, 0.2) is 0 Å². The van der Waals surface area contributed by atoms with Crippen LogP contribution in [-0.4, -0.2) is 45.3 Å². The normalized spacial score (nSPS) is 27.9. The van der Waals surface area contributed by atoms with Gasteiger partial charge in [0.15, 0.2) is 0 Å². The number of nitrogens with one attached hydrogen (secondary N) is 1. The first kappa shape index (κ1) is 13.7. The van der Waals surface area contributed by atoms with Gasteiger partial charge in [-0.05, 0) is 64.1 Å². The van der Waals surface area contributed by atoms with Crippen LogP contribution in [0, 0.1) is 5.92 Å². The van der Waals surface area contributed by atoms with E-state index in [4.69, 9.17) is 0 Å². The largest absolute Gasteiger partial charge is 0.314 e. The topological polar surface area (TPSA) is 46.0 Å². The highest BCUT2D eigenvalue weighted by Crippen LogP contribution is 2.26. The van der Waals surface area contributed by atoms with Crippen LogP contribution in [-0.2, 0) is 19.5 Å². The minimum Gasteiger partial charge on any atom is -0.314 e. The SMILES string of the molecule is C1CCn2c(nnc2CN2CCC(C3CCCN3)CC2)C1. The fourth-order valence-corrected chi connectivity index (χ4v) is 4.31. The quantitative estimate of drug-likeness (QED) is 0.917. The Hall–Kier alpha value is -0.940. The van der Waals surface area contributed by atoms with Crippen LogP contribution in [0.5, 0.6) is 0 Å².